The van der Waals surface area contributed by atoms with Gasteiger partial charge in [-0.3, -0.25) is 11.3 Å². The summed E-state index contributed by atoms with van der Waals surface area (Å²) in [6.07, 6.45) is 0.910. The summed E-state index contributed by atoms with van der Waals surface area (Å²) < 4.78 is 1.26. The van der Waals surface area contributed by atoms with Crippen molar-refractivity contribution in [1.29, 1.82) is 0 Å². The van der Waals surface area contributed by atoms with Crippen molar-refractivity contribution in [2.75, 3.05) is 0 Å². The van der Waals surface area contributed by atoms with E-state index in [9.17, 15) is 0 Å². The molecule has 0 saturated heterocycles. The molecule has 1 heterocycles. The Morgan fingerprint density at radius 3 is 2.45 bits per heavy atom. The Balaban J connectivity index is 1.82. The smallest absolute Gasteiger partial charge is 0.0954 e. The molecule has 0 spiro atoms. The van der Waals surface area contributed by atoms with Crippen LogP contribution in [0.15, 0.2) is 24.3 Å². The minimum atomic E-state index is 0.292. The van der Waals surface area contributed by atoms with Crippen molar-refractivity contribution >= 4 is 21.6 Å². The Bertz CT molecular complexity index is 582. The van der Waals surface area contributed by atoms with Gasteiger partial charge in [0.05, 0.1) is 15.2 Å². The highest BCUT2D eigenvalue weighted by Crippen LogP contribution is 2.69. The minimum Gasteiger partial charge on any atom is -0.271 e. The highest BCUT2D eigenvalue weighted by atomic mass is 32.1. The van der Waals surface area contributed by atoms with E-state index < -0.39 is 0 Å². The number of hydrazine groups is 1. The van der Waals surface area contributed by atoms with E-state index in [1.54, 1.807) is 11.3 Å². The maximum absolute atomic E-state index is 5.82. The zero-order valence-corrected chi connectivity index (χ0v) is 13.4. The summed E-state index contributed by atoms with van der Waals surface area (Å²) in [5, 5.41) is 1.17. The largest absolute Gasteiger partial charge is 0.271 e. The maximum atomic E-state index is 5.82. The first kappa shape index (κ1) is 14.0. The van der Waals surface area contributed by atoms with Crippen LogP contribution in [0.3, 0.4) is 0 Å². The zero-order chi connectivity index (χ0) is 14.5. The molecule has 1 unspecified atom stereocenters. The van der Waals surface area contributed by atoms with E-state index in [-0.39, 0.29) is 0 Å². The summed E-state index contributed by atoms with van der Waals surface area (Å²) in [5.74, 6) is 6.41. The molecule has 0 amide bonds. The van der Waals surface area contributed by atoms with Gasteiger partial charge < -0.3 is 0 Å². The van der Waals surface area contributed by atoms with Gasteiger partial charge in [-0.25, -0.2) is 4.98 Å². The van der Waals surface area contributed by atoms with Crippen molar-refractivity contribution < 1.29 is 0 Å². The van der Waals surface area contributed by atoms with Gasteiger partial charge in [0, 0.05) is 12.5 Å². The van der Waals surface area contributed by atoms with Crippen LogP contribution in [0.5, 0.6) is 0 Å². The van der Waals surface area contributed by atoms with Crippen LogP contribution in [0.2, 0.25) is 0 Å². The molecule has 3 N–H and O–H groups in total. The third-order valence-corrected chi connectivity index (χ3v) is 6.54. The highest BCUT2D eigenvalue weighted by Gasteiger charge is 2.66. The van der Waals surface area contributed by atoms with Gasteiger partial charge in [-0.1, -0.05) is 39.8 Å². The molecule has 1 aromatic carbocycles. The lowest BCUT2D eigenvalue weighted by Crippen LogP contribution is -2.40. The number of nitrogens with one attached hydrogen (secondary N) is 1. The van der Waals surface area contributed by atoms with Crippen LogP contribution >= 0.6 is 11.3 Å². The Labute approximate surface area is 124 Å². The second-order valence-corrected chi connectivity index (χ2v) is 8.09. The van der Waals surface area contributed by atoms with E-state index in [4.69, 9.17) is 10.8 Å². The lowest BCUT2D eigenvalue weighted by Gasteiger charge is -2.16. The third-order valence-electron chi connectivity index (χ3n) is 5.48. The quantitative estimate of drug-likeness (QED) is 0.670. The van der Waals surface area contributed by atoms with Gasteiger partial charge in [-0.15, -0.1) is 11.3 Å². The Kier molecular flexibility index (Phi) is 3.16. The fourth-order valence-electron chi connectivity index (χ4n) is 3.72. The molecule has 3 rings (SSSR count). The summed E-state index contributed by atoms with van der Waals surface area (Å²) in [6, 6.07) is 8.60. The number of hydrogen-bond donors (Lipinski definition) is 2. The van der Waals surface area contributed by atoms with E-state index in [0.29, 0.717) is 22.8 Å². The molecule has 0 aliphatic heterocycles. The predicted octanol–water partition coefficient (Wildman–Crippen LogP) is 3.35. The van der Waals surface area contributed by atoms with Gasteiger partial charge in [-0.2, -0.15) is 0 Å². The molecule has 4 heteroatoms. The first-order valence-electron chi connectivity index (χ1n) is 7.18. The van der Waals surface area contributed by atoms with Gasteiger partial charge in [-0.05, 0) is 28.9 Å². The summed E-state index contributed by atoms with van der Waals surface area (Å²) >= 11 is 1.78. The number of thiazole rings is 1. The molecule has 1 aliphatic rings. The second-order valence-electron chi connectivity index (χ2n) is 6.97. The molecular formula is C16H23N3S. The monoisotopic (exact) mass is 289 g/mol. The van der Waals surface area contributed by atoms with E-state index in [1.165, 1.54) is 9.71 Å². The third kappa shape index (κ3) is 1.98. The first-order valence-corrected chi connectivity index (χ1v) is 8.00. The van der Waals surface area contributed by atoms with Crippen molar-refractivity contribution in [3.8, 4) is 0 Å². The molecule has 3 nitrogen and oxygen atoms in total. The van der Waals surface area contributed by atoms with E-state index in [1.807, 2.05) is 6.07 Å². The number of nitrogens with zero attached hydrogens (tertiary/aromatic N) is 1. The van der Waals surface area contributed by atoms with Crippen LogP contribution < -0.4 is 11.3 Å². The SMILES string of the molecule is CC1(C)C(C(Cc2nc3ccccc3s2)NN)C1(C)C. The van der Waals surface area contributed by atoms with Gasteiger partial charge in [0.2, 0.25) is 0 Å². The zero-order valence-electron chi connectivity index (χ0n) is 12.6. The Hall–Kier alpha value is -0.970. The molecular weight excluding hydrogens is 266 g/mol. The number of aromatic nitrogens is 1. The number of hydrogen-bond acceptors (Lipinski definition) is 4. The predicted molar refractivity (Wildman–Crippen MR) is 85.5 cm³/mol. The van der Waals surface area contributed by atoms with Crippen LogP contribution in [0.1, 0.15) is 32.7 Å². The average Bonchev–Trinajstić information content (AvgIpc) is 2.73. The van der Waals surface area contributed by atoms with Crippen LogP contribution in [0.4, 0.5) is 0 Å². The normalized spacial score (nSPS) is 22.1. The Morgan fingerprint density at radius 2 is 1.90 bits per heavy atom. The molecule has 0 bridgehead atoms. The average molecular weight is 289 g/mol. The molecule has 2 aromatic rings. The van der Waals surface area contributed by atoms with Crippen LogP contribution in [-0.4, -0.2) is 11.0 Å². The van der Waals surface area contributed by atoms with E-state index >= 15 is 0 Å². The van der Waals surface area contributed by atoms with Gasteiger partial charge in [0.15, 0.2) is 0 Å². The molecule has 1 saturated carbocycles. The highest BCUT2D eigenvalue weighted by molar-refractivity contribution is 7.18. The van der Waals surface area contributed by atoms with Gasteiger partial charge in [0.25, 0.3) is 0 Å². The van der Waals surface area contributed by atoms with Crippen LogP contribution in [0, 0.1) is 16.7 Å². The van der Waals surface area contributed by atoms with Crippen LogP contribution in [-0.2, 0) is 6.42 Å². The van der Waals surface area contributed by atoms with Gasteiger partial charge in [0.1, 0.15) is 0 Å². The lowest BCUT2D eigenvalue weighted by molar-refractivity contribution is 0.402. The molecule has 108 valence electrons. The van der Waals surface area contributed by atoms with Crippen molar-refractivity contribution in [2.45, 2.75) is 40.2 Å². The fourth-order valence-corrected chi connectivity index (χ4v) is 4.75. The minimum absolute atomic E-state index is 0.292. The van der Waals surface area contributed by atoms with Crippen molar-refractivity contribution in [3.63, 3.8) is 0 Å². The Morgan fingerprint density at radius 1 is 1.25 bits per heavy atom. The first-order chi connectivity index (χ1) is 9.38. The van der Waals surface area contributed by atoms with Crippen molar-refractivity contribution in [3.05, 3.63) is 29.3 Å². The molecule has 20 heavy (non-hydrogen) atoms. The van der Waals surface area contributed by atoms with E-state index in [2.05, 4.69) is 51.3 Å². The molecule has 1 fully saturated rings. The summed E-state index contributed by atoms with van der Waals surface area (Å²) in [4.78, 5) is 4.73. The number of benzene rings is 1. The standard InChI is InChI=1S/C16H23N3S/c1-15(2)14(16(15,3)4)11(19-17)9-13-18-10-7-5-6-8-12(10)20-13/h5-8,11,14,19H,9,17H2,1-4H3. The number of rotatable bonds is 4. The maximum Gasteiger partial charge on any atom is 0.0954 e. The number of fused-ring (bicyclic) bond motifs is 1. The molecule has 0 radical (unpaired) electrons. The molecule has 1 atom stereocenters. The molecule has 1 aliphatic carbocycles. The van der Waals surface area contributed by atoms with Crippen molar-refractivity contribution in [2.24, 2.45) is 22.6 Å². The van der Waals surface area contributed by atoms with E-state index in [0.717, 1.165) is 11.9 Å². The summed E-state index contributed by atoms with van der Waals surface area (Å²) in [7, 11) is 0. The summed E-state index contributed by atoms with van der Waals surface area (Å²) in [5.41, 5.74) is 4.80. The molecule has 1 aromatic heterocycles. The number of para-hydroxylation sites is 1. The second kappa shape index (κ2) is 4.52. The fraction of sp³-hybridized carbons (Fsp3) is 0.562. The van der Waals surface area contributed by atoms with Gasteiger partial charge >= 0.3 is 0 Å². The van der Waals surface area contributed by atoms with Crippen molar-refractivity contribution in [1.82, 2.24) is 10.4 Å². The number of nitrogens with two attached hydrogens (primary N) is 1. The lowest BCUT2D eigenvalue weighted by atomic mass is 10.0. The van der Waals surface area contributed by atoms with Crippen LogP contribution in [0.25, 0.3) is 10.2 Å². The topological polar surface area (TPSA) is 50.9 Å². The summed E-state index contributed by atoms with van der Waals surface area (Å²) in [6.45, 7) is 9.33.